The molecule has 156 valence electrons. The van der Waals surface area contributed by atoms with E-state index in [-0.39, 0.29) is 24.2 Å². The average molecular weight is 405 g/mol. The lowest BCUT2D eigenvalue weighted by atomic mass is 9.98. The number of ether oxygens (including phenoxy) is 2. The number of aliphatic carboxylic acids is 1. The zero-order chi connectivity index (χ0) is 20.8. The molecule has 2 aliphatic heterocycles. The van der Waals surface area contributed by atoms with Crippen LogP contribution in [0.1, 0.15) is 12.8 Å². The number of carboxylic acids is 1. The first-order valence-corrected chi connectivity index (χ1v) is 8.56. The van der Waals surface area contributed by atoms with Gasteiger partial charge < -0.3 is 24.8 Å². The number of hydrogen-bond acceptors (Lipinski definition) is 6. The molecule has 0 saturated carbocycles. The number of anilines is 1. The number of rotatable bonds is 4. The summed E-state index contributed by atoms with van der Waals surface area (Å²) in [6.45, 7) is 2.50. The number of alkyl halides is 3. The molecule has 2 fully saturated rings. The van der Waals surface area contributed by atoms with Gasteiger partial charge in [-0.25, -0.2) is 4.79 Å². The molecule has 1 aromatic heterocycles. The summed E-state index contributed by atoms with van der Waals surface area (Å²) in [6, 6.07) is 4.02. The summed E-state index contributed by atoms with van der Waals surface area (Å²) in [6.07, 6.45) is 0.427. The van der Waals surface area contributed by atoms with Crippen LogP contribution < -0.4 is 10.2 Å². The molecule has 0 bridgehead atoms. The predicted octanol–water partition coefficient (Wildman–Crippen LogP) is 1.22. The topological polar surface area (TPSA) is 101 Å². The lowest BCUT2D eigenvalue weighted by molar-refractivity contribution is -0.192. The Balaban J connectivity index is 0.000000345. The third-order valence-corrected chi connectivity index (χ3v) is 4.47. The molecular formula is C17H22F3N3O5. The fraction of sp³-hybridized carbons (Fsp3) is 0.588. The van der Waals surface area contributed by atoms with Crippen LogP contribution in [0.5, 0.6) is 0 Å². The Hall–Kier alpha value is -2.40. The average Bonchev–Trinajstić information content (AvgIpc) is 3.27. The van der Waals surface area contributed by atoms with Gasteiger partial charge in [-0.1, -0.05) is 0 Å². The lowest BCUT2D eigenvalue weighted by Gasteiger charge is -2.24. The van der Waals surface area contributed by atoms with E-state index in [0.29, 0.717) is 6.61 Å². The van der Waals surface area contributed by atoms with E-state index >= 15 is 0 Å². The molecule has 1 amide bonds. The zero-order valence-electron chi connectivity index (χ0n) is 15.2. The SMILES string of the molecule is CNC(=O)COC1COC2(CCN(c3cccnc3)C2)C1.O=C(O)C(F)(F)F. The summed E-state index contributed by atoms with van der Waals surface area (Å²) in [5.41, 5.74) is 0.996. The summed E-state index contributed by atoms with van der Waals surface area (Å²) in [5, 5.41) is 9.68. The van der Waals surface area contributed by atoms with Crippen molar-refractivity contribution in [3.8, 4) is 0 Å². The molecule has 2 aliphatic rings. The highest BCUT2D eigenvalue weighted by Crippen LogP contribution is 2.37. The number of hydrogen-bond donors (Lipinski definition) is 2. The van der Waals surface area contributed by atoms with E-state index in [0.717, 1.165) is 31.6 Å². The van der Waals surface area contributed by atoms with Crippen molar-refractivity contribution in [2.24, 2.45) is 0 Å². The Bertz CT molecular complexity index is 674. The second kappa shape index (κ2) is 9.20. The molecule has 2 atom stereocenters. The number of aromatic nitrogens is 1. The van der Waals surface area contributed by atoms with Crippen molar-refractivity contribution in [2.45, 2.75) is 30.7 Å². The van der Waals surface area contributed by atoms with Crippen LogP contribution >= 0.6 is 0 Å². The molecule has 0 aromatic carbocycles. The smallest absolute Gasteiger partial charge is 0.475 e. The van der Waals surface area contributed by atoms with Crippen LogP contribution in [-0.2, 0) is 19.1 Å². The molecule has 3 heterocycles. The monoisotopic (exact) mass is 405 g/mol. The van der Waals surface area contributed by atoms with E-state index in [4.69, 9.17) is 19.4 Å². The second-order valence-corrected chi connectivity index (χ2v) is 6.49. The van der Waals surface area contributed by atoms with Crippen LogP contribution in [0.2, 0.25) is 0 Å². The van der Waals surface area contributed by atoms with Gasteiger partial charge in [0.15, 0.2) is 0 Å². The van der Waals surface area contributed by atoms with Crippen LogP contribution in [0.15, 0.2) is 24.5 Å². The maximum Gasteiger partial charge on any atom is 0.490 e. The lowest BCUT2D eigenvalue weighted by Crippen LogP contribution is -2.33. The minimum Gasteiger partial charge on any atom is -0.475 e. The van der Waals surface area contributed by atoms with E-state index in [1.165, 1.54) is 0 Å². The molecule has 2 saturated heterocycles. The van der Waals surface area contributed by atoms with Gasteiger partial charge in [0.05, 0.1) is 30.2 Å². The Morgan fingerprint density at radius 2 is 2.21 bits per heavy atom. The highest BCUT2D eigenvalue weighted by molar-refractivity contribution is 5.76. The van der Waals surface area contributed by atoms with Gasteiger partial charge in [-0.05, 0) is 18.6 Å². The molecule has 11 heteroatoms. The summed E-state index contributed by atoms with van der Waals surface area (Å²) in [4.78, 5) is 26.6. The van der Waals surface area contributed by atoms with Gasteiger partial charge in [-0.3, -0.25) is 9.78 Å². The van der Waals surface area contributed by atoms with Crippen LogP contribution in [0.4, 0.5) is 18.9 Å². The number of carbonyl (C=O) groups is 2. The summed E-state index contributed by atoms with van der Waals surface area (Å²) < 4.78 is 43.4. The van der Waals surface area contributed by atoms with E-state index in [1.807, 2.05) is 12.3 Å². The van der Waals surface area contributed by atoms with Crippen molar-refractivity contribution in [3.05, 3.63) is 24.5 Å². The van der Waals surface area contributed by atoms with E-state index in [1.54, 1.807) is 13.2 Å². The first kappa shape index (κ1) is 21.9. The summed E-state index contributed by atoms with van der Waals surface area (Å²) in [7, 11) is 1.61. The maximum atomic E-state index is 11.2. The first-order chi connectivity index (χ1) is 13.1. The fourth-order valence-corrected chi connectivity index (χ4v) is 3.07. The first-order valence-electron chi connectivity index (χ1n) is 8.56. The number of nitrogens with zero attached hydrogens (tertiary/aromatic N) is 2. The number of carboxylic acid groups (broad SMARTS) is 1. The van der Waals surface area contributed by atoms with E-state index in [2.05, 4.69) is 21.3 Å². The molecule has 1 aromatic rings. The van der Waals surface area contributed by atoms with Gasteiger partial charge in [0.2, 0.25) is 5.91 Å². The maximum absolute atomic E-state index is 11.2. The van der Waals surface area contributed by atoms with Crippen molar-refractivity contribution < 1.29 is 37.3 Å². The number of likely N-dealkylation sites (N-methyl/N-ethyl adjacent to an activating group) is 1. The summed E-state index contributed by atoms with van der Waals surface area (Å²) in [5.74, 6) is -2.85. The summed E-state index contributed by atoms with van der Waals surface area (Å²) >= 11 is 0. The van der Waals surface area contributed by atoms with Gasteiger partial charge in [0.1, 0.15) is 6.61 Å². The van der Waals surface area contributed by atoms with Crippen LogP contribution in [0.3, 0.4) is 0 Å². The quantitative estimate of drug-likeness (QED) is 0.777. The molecular weight excluding hydrogens is 383 g/mol. The number of amides is 1. The Labute approximate surface area is 159 Å². The van der Waals surface area contributed by atoms with Crippen molar-refractivity contribution in [3.63, 3.8) is 0 Å². The number of nitrogens with one attached hydrogen (secondary N) is 1. The van der Waals surface area contributed by atoms with Gasteiger partial charge in [-0.15, -0.1) is 0 Å². The van der Waals surface area contributed by atoms with Crippen molar-refractivity contribution in [1.29, 1.82) is 0 Å². The molecule has 2 N–H and O–H groups in total. The van der Waals surface area contributed by atoms with Crippen LogP contribution in [0, 0.1) is 0 Å². The molecule has 28 heavy (non-hydrogen) atoms. The van der Waals surface area contributed by atoms with Crippen molar-refractivity contribution in [1.82, 2.24) is 10.3 Å². The fourth-order valence-electron chi connectivity index (χ4n) is 3.07. The minimum atomic E-state index is -5.08. The molecule has 2 unspecified atom stereocenters. The molecule has 0 aliphatic carbocycles. The van der Waals surface area contributed by atoms with Crippen molar-refractivity contribution >= 4 is 17.6 Å². The molecule has 1 spiro atoms. The highest BCUT2D eigenvalue weighted by atomic mass is 19.4. The van der Waals surface area contributed by atoms with Crippen molar-refractivity contribution in [2.75, 3.05) is 38.3 Å². The van der Waals surface area contributed by atoms with Gasteiger partial charge in [0, 0.05) is 32.8 Å². The van der Waals surface area contributed by atoms with E-state index in [9.17, 15) is 18.0 Å². The molecule has 0 radical (unpaired) electrons. The Morgan fingerprint density at radius 1 is 1.50 bits per heavy atom. The molecule has 3 rings (SSSR count). The second-order valence-electron chi connectivity index (χ2n) is 6.49. The largest absolute Gasteiger partial charge is 0.490 e. The normalized spacial score (nSPS) is 24.0. The van der Waals surface area contributed by atoms with Crippen LogP contribution in [-0.4, -0.2) is 73.2 Å². The standard InChI is InChI=1S/C15H21N3O3.C2HF3O2/c1-16-14(19)10-20-13-7-15(21-9-13)4-6-18(11-15)12-3-2-5-17-8-12;3-2(4,5)1(6)7/h2-3,5,8,13H,4,6-7,9-11H2,1H3,(H,16,19);(H,6,7). The number of halogens is 3. The van der Waals surface area contributed by atoms with Crippen LogP contribution in [0.25, 0.3) is 0 Å². The predicted molar refractivity (Wildman–Crippen MR) is 91.9 cm³/mol. The molecule has 8 nitrogen and oxygen atoms in total. The number of carbonyl (C=O) groups excluding carboxylic acids is 1. The Morgan fingerprint density at radius 3 is 2.79 bits per heavy atom. The van der Waals surface area contributed by atoms with Gasteiger partial charge >= 0.3 is 12.1 Å². The zero-order valence-corrected chi connectivity index (χ0v) is 15.2. The third kappa shape index (κ3) is 6.06. The van der Waals surface area contributed by atoms with Gasteiger partial charge in [-0.2, -0.15) is 13.2 Å². The third-order valence-electron chi connectivity index (χ3n) is 4.47. The van der Waals surface area contributed by atoms with E-state index < -0.39 is 12.1 Å². The van der Waals surface area contributed by atoms with Gasteiger partial charge in [0.25, 0.3) is 0 Å². The highest BCUT2D eigenvalue weighted by Gasteiger charge is 2.46. The Kier molecular flexibility index (Phi) is 7.19. The minimum absolute atomic E-state index is 0.0103. The number of pyridine rings is 1.